The maximum absolute atomic E-state index is 6.08. The van der Waals surface area contributed by atoms with Crippen LogP contribution in [0, 0.1) is 0 Å². The van der Waals surface area contributed by atoms with Gasteiger partial charge in [0.05, 0.1) is 12.3 Å². The Balaban J connectivity index is 2.36. The lowest BCUT2D eigenvalue weighted by Gasteiger charge is -2.18. The maximum Gasteiger partial charge on any atom is 0.125 e. The summed E-state index contributed by atoms with van der Waals surface area (Å²) in [5.41, 5.74) is 1.09. The lowest BCUT2D eigenvalue weighted by molar-refractivity contribution is 0.446. The van der Waals surface area contributed by atoms with Crippen molar-refractivity contribution >= 4 is 27.5 Å². The highest BCUT2D eigenvalue weighted by Crippen LogP contribution is 2.31. The van der Waals surface area contributed by atoms with Gasteiger partial charge in [-0.15, -0.1) is 0 Å². The molecular formula is C14H15BrClNO. The molecule has 1 heterocycles. The molecule has 0 fully saturated rings. The standard InChI is InChI=1S/C14H15BrClNO/c1-2-7-17-14(13-4-3-8-18-13)11-9-10(16)5-6-12(11)15/h3-6,8-9,14,17H,2,7H2,1H3. The van der Waals surface area contributed by atoms with Crippen LogP contribution in [0.2, 0.25) is 5.02 Å². The first-order chi connectivity index (χ1) is 8.72. The Morgan fingerprint density at radius 3 is 2.89 bits per heavy atom. The van der Waals surface area contributed by atoms with Crippen molar-refractivity contribution in [3.8, 4) is 0 Å². The van der Waals surface area contributed by atoms with Crippen LogP contribution < -0.4 is 5.32 Å². The topological polar surface area (TPSA) is 25.2 Å². The Morgan fingerprint density at radius 2 is 2.22 bits per heavy atom. The van der Waals surface area contributed by atoms with E-state index in [1.165, 1.54) is 0 Å². The predicted molar refractivity (Wildman–Crippen MR) is 78.0 cm³/mol. The second-order valence-electron chi connectivity index (χ2n) is 4.07. The fourth-order valence-corrected chi connectivity index (χ4v) is 2.50. The molecule has 0 saturated heterocycles. The number of hydrogen-bond acceptors (Lipinski definition) is 2. The second-order valence-corrected chi connectivity index (χ2v) is 5.36. The van der Waals surface area contributed by atoms with E-state index in [0.717, 1.165) is 33.8 Å². The van der Waals surface area contributed by atoms with Gasteiger partial charge in [0.25, 0.3) is 0 Å². The quantitative estimate of drug-likeness (QED) is 0.854. The lowest BCUT2D eigenvalue weighted by Crippen LogP contribution is -2.23. The number of hydrogen-bond donors (Lipinski definition) is 1. The highest BCUT2D eigenvalue weighted by atomic mass is 79.9. The minimum atomic E-state index is 0.0213. The molecule has 0 aliphatic rings. The van der Waals surface area contributed by atoms with Crippen LogP contribution in [0.1, 0.15) is 30.7 Å². The van der Waals surface area contributed by atoms with Gasteiger partial charge in [-0.1, -0.05) is 34.5 Å². The van der Waals surface area contributed by atoms with Gasteiger partial charge in [0.2, 0.25) is 0 Å². The Labute approximate surface area is 120 Å². The van der Waals surface area contributed by atoms with E-state index >= 15 is 0 Å². The van der Waals surface area contributed by atoms with E-state index < -0.39 is 0 Å². The first-order valence-corrected chi connectivity index (χ1v) is 7.11. The van der Waals surface area contributed by atoms with Crippen molar-refractivity contribution in [2.24, 2.45) is 0 Å². The summed E-state index contributed by atoms with van der Waals surface area (Å²) >= 11 is 9.65. The van der Waals surface area contributed by atoms with Gasteiger partial charge in [-0.2, -0.15) is 0 Å². The summed E-state index contributed by atoms with van der Waals surface area (Å²) in [5, 5.41) is 4.20. The van der Waals surface area contributed by atoms with Gasteiger partial charge >= 0.3 is 0 Å². The highest BCUT2D eigenvalue weighted by Gasteiger charge is 2.18. The van der Waals surface area contributed by atoms with Gasteiger partial charge in [-0.25, -0.2) is 0 Å². The largest absolute Gasteiger partial charge is 0.467 e. The molecule has 1 aromatic heterocycles. The van der Waals surface area contributed by atoms with E-state index in [1.54, 1.807) is 6.26 Å². The maximum atomic E-state index is 6.08. The number of furan rings is 1. The summed E-state index contributed by atoms with van der Waals surface area (Å²) in [5.74, 6) is 0.895. The van der Waals surface area contributed by atoms with Crippen LogP contribution in [0.15, 0.2) is 45.5 Å². The average molecular weight is 329 g/mol. The first kappa shape index (κ1) is 13.7. The fraction of sp³-hybridized carbons (Fsp3) is 0.286. The van der Waals surface area contributed by atoms with Crippen molar-refractivity contribution in [1.29, 1.82) is 0 Å². The van der Waals surface area contributed by atoms with Gasteiger partial charge in [0.1, 0.15) is 5.76 Å². The summed E-state index contributed by atoms with van der Waals surface area (Å²) in [7, 11) is 0. The summed E-state index contributed by atoms with van der Waals surface area (Å²) in [6.07, 6.45) is 2.75. The van der Waals surface area contributed by atoms with Crippen molar-refractivity contribution in [2.45, 2.75) is 19.4 Å². The average Bonchev–Trinajstić information content (AvgIpc) is 2.88. The van der Waals surface area contributed by atoms with Crippen molar-refractivity contribution in [1.82, 2.24) is 5.32 Å². The Kier molecular flexibility index (Phi) is 4.87. The zero-order valence-corrected chi connectivity index (χ0v) is 12.5. The zero-order chi connectivity index (χ0) is 13.0. The monoisotopic (exact) mass is 327 g/mol. The van der Waals surface area contributed by atoms with E-state index in [0.29, 0.717) is 0 Å². The number of benzene rings is 1. The van der Waals surface area contributed by atoms with Crippen LogP contribution in [0.5, 0.6) is 0 Å². The normalized spacial score (nSPS) is 12.6. The minimum Gasteiger partial charge on any atom is -0.467 e. The smallest absolute Gasteiger partial charge is 0.125 e. The molecule has 1 unspecified atom stereocenters. The molecule has 0 bridgehead atoms. The summed E-state index contributed by atoms with van der Waals surface area (Å²) in [6, 6.07) is 9.68. The van der Waals surface area contributed by atoms with Gasteiger partial charge in [0, 0.05) is 9.50 Å². The molecule has 0 radical (unpaired) electrons. The molecule has 2 nitrogen and oxygen atoms in total. The fourth-order valence-electron chi connectivity index (χ4n) is 1.84. The first-order valence-electron chi connectivity index (χ1n) is 5.94. The third-order valence-corrected chi connectivity index (χ3v) is 3.65. The van der Waals surface area contributed by atoms with Gasteiger partial charge in [-0.3, -0.25) is 0 Å². The number of nitrogens with one attached hydrogen (secondary N) is 1. The third kappa shape index (κ3) is 3.16. The molecule has 2 aromatic rings. The zero-order valence-electron chi connectivity index (χ0n) is 10.1. The molecule has 18 heavy (non-hydrogen) atoms. The highest BCUT2D eigenvalue weighted by molar-refractivity contribution is 9.10. The summed E-state index contributed by atoms with van der Waals surface area (Å²) in [4.78, 5) is 0. The molecule has 0 aliphatic carbocycles. The van der Waals surface area contributed by atoms with Crippen LogP contribution in [0.3, 0.4) is 0 Å². The summed E-state index contributed by atoms with van der Waals surface area (Å²) < 4.78 is 6.54. The molecular weight excluding hydrogens is 314 g/mol. The Bertz CT molecular complexity index is 499. The van der Waals surface area contributed by atoms with Crippen molar-refractivity contribution in [2.75, 3.05) is 6.54 Å². The molecule has 2 rings (SSSR count). The van der Waals surface area contributed by atoms with Crippen LogP contribution in [0.25, 0.3) is 0 Å². The van der Waals surface area contributed by atoms with Crippen LogP contribution in [-0.2, 0) is 0 Å². The van der Waals surface area contributed by atoms with Gasteiger partial charge in [-0.05, 0) is 48.9 Å². The van der Waals surface area contributed by atoms with Gasteiger partial charge < -0.3 is 9.73 Å². The Morgan fingerprint density at radius 1 is 1.39 bits per heavy atom. The van der Waals surface area contributed by atoms with Crippen molar-refractivity contribution in [3.05, 3.63) is 57.4 Å². The Hall–Kier alpha value is -0.770. The third-order valence-electron chi connectivity index (χ3n) is 2.70. The van der Waals surface area contributed by atoms with E-state index in [2.05, 4.69) is 28.2 Å². The molecule has 0 amide bonds. The van der Waals surface area contributed by atoms with E-state index in [4.69, 9.17) is 16.0 Å². The molecule has 96 valence electrons. The SMILES string of the molecule is CCCNC(c1ccco1)c1cc(Cl)ccc1Br. The van der Waals surface area contributed by atoms with E-state index in [-0.39, 0.29) is 6.04 Å². The molecule has 1 atom stereocenters. The lowest BCUT2D eigenvalue weighted by atomic mass is 10.0. The second kappa shape index (κ2) is 6.41. The molecule has 1 N–H and O–H groups in total. The number of rotatable bonds is 5. The van der Waals surface area contributed by atoms with E-state index in [9.17, 15) is 0 Å². The van der Waals surface area contributed by atoms with Crippen molar-refractivity contribution < 1.29 is 4.42 Å². The molecule has 4 heteroatoms. The predicted octanol–water partition coefficient (Wildman–Crippen LogP) is 4.78. The molecule has 0 saturated carbocycles. The van der Waals surface area contributed by atoms with Crippen LogP contribution in [0.4, 0.5) is 0 Å². The molecule has 1 aromatic carbocycles. The van der Waals surface area contributed by atoms with Gasteiger partial charge in [0.15, 0.2) is 0 Å². The van der Waals surface area contributed by atoms with E-state index in [1.807, 2.05) is 30.3 Å². The summed E-state index contributed by atoms with van der Waals surface area (Å²) in [6.45, 7) is 3.06. The van der Waals surface area contributed by atoms with Crippen LogP contribution in [-0.4, -0.2) is 6.54 Å². The molecule has 0 aliphatic heterocycles. The number of halogens is 2. The molecule has 0 spiro atoms. The minimum absolute atomic E-state index is 0.0213. The van der Waals surface area contributed by atoms with Crippen LogP contribution >= 0.6 is 27.5 Å². The van der Waals surface area contributed by atoms with Crippen molar-refractivity contribution in [3.63, 3.8) is 0 Å².